The fourth-order valence-electron chi connectivity index (χ4n) is 6.41. The summed E-state index contributed by atoms with van der Waals surface area (Å²) >= 11 is 0. The van der Waals surface area contributed by atoms with E-state index in [1.807, 2.05) is 0 Å². The van der Waals surface area contributed by atoms with Crippen LogP contribution in [0.4, 0.5) is 11.4 Å². The first-order valence-electron chi connectivity index (χ1n) is 13.3. The summed E-state index contributed by atoms with van der Waals surface area (Å²) in [6.45, 7) is 0. The van der Waals surface area contributed by atoms with Crippen molar-refractivity contribution < 1.29 is 0 Å². The van der Waals surface area contributed by atoms with E-state index in [0.29, 0.717) is 12.0 Å². The molecule has 2 atom stereocenters. The molecule has 2 nitrogen and oxygen atoms in total. The van der Waals surface area contributed by atoms with Crippen molar-refractivity contribution in [3.63, 3.8) is 0 Å². The van der Waals surface area contributed by atoms with E-state index >= 15 is 0 Å². The SMILES string of the molecule is C1=CC2c3ccccc3N(c3ccc(-c4ccc(-n5c6ccccc6c6ccccc65)cc4)cc3)[C@@H]2C=C1. The van der Waals surface area contributed by atoms with Crippen molar-refractivity contribution in [3.05, 3.63) is 151 Å². The van der Waals surface area contributed by atoms with Crippen LogP contribution in [0, 0.1) is 0 Å². The molecule has 6 aromatic rings. The molecule has 0 bridgehead atoms. The van der Waals surface area contributed by atoms with Gasteiger partial charge in [0.15, 0.2) is 0 Å². The number of anilines is 2. The lowest BCUT2D eigenvalue weighted by Crippen LogP contribution is -2.28. The van der Waals surface area contributed by atoms with Crippen LogP contribution in [0.5, 0.6) is 0 Å². The van der Waals surface area contributed by atoms with Crippen molar-refractivity contribution in [2.45, 2.75) is 12.0 Å². The van der Waals surface area contributed by atoms with E-state index in [1.54, 1.807) is 0 Å². The van der Waals surface area contributed by atoms with E-state index in [2.05, 4.69) is 155 Å². The van der Waals surface area contributed by atoms with Crippen molar-refractivity contribution >= 4 is 33.2 Å². The average molecular weight is 487 g/mol. The largest absolute Gasteiger partial charge is 0.333 e. The Hall–Kier alpha value is -4.82. The number of fused-ring (bicyclic) bond motifs is 6. The molecule has 0 amide bonds. The van der Waals surface area contributed by atoms with E-state index < -0.39 is 0 Å². The fourth-order valence-corrected chi connectivity index (χ4v) is 6.41. The lowest BCUT2D eigenvalue weighted by atomic mass is 9.91. The Balaban J connectivity index is 1.14. The summed E-state index contributed by atoms with van der Waals surface area (Å²) in [6.07, 6.45) is 9.00. The molecule has 0 saturated heterocycles. The summed E-state index contributed by atoms with van der Waals surface area (Å²) in [5, 5.41) is 2.58. The van der Waals surface area contributed by atoms with Crippen molar-refractivity contribution in [1.29, 1.82) is 0 Å². The Morgan fingerprint density at radius 2 is 1.03 bits per heavy atom. The molecule has 180 valence electrons. The van der Waals surface area contributed by atoms with Gasteiger partial charge in [-0.15, -0.1) is 0 Å². The molecular weight excluding hydrogens is 460 g/mol. The molecule has 2 heterocycles. The second kappa shape index (κ2) is 8.36. The average Bonchev–Trinajstić information content (AvgIpc) is 3.51. The zero-order chi connectivity index (χ0) is 25.1. The summed E-state index contributed by atoms with van der Waals surface area (Å²) in [5.41, 5.74) is 10.1. The summed E-state index contributed by atoms with van der Waals surface area (Å²) in [4.78, 5) is 2.48. The number of benzene rings is 5. The highest BCUT2D eigenvalue weighted by Crippen LogP contribution is 2.47. The van der Waals surface area contributed by atoms with Gasteiger partial charge in [0.1, 0.15) is 0 Å². The van der Waals surface area contributed by atoms with E-state index in [0.717, 1.165) is 0 Å². The van der Waals surface area contributed by atoms with Crippen LogP contribution < -0.4 is 4.90 Å². The third-order valence-electron chi connectivity index (χ3n) is 8.14. The molecule has 0 radical (unpaired) electrons. The molecule has 0 saturated carbocycles. The molecule has 5 aromatic carbocycles. The summed E-state index contributed by atoms with van der Waals surface area (Å²) in [7, 11) is 0. The maximum atomic E-state index is 2.48. The third-order valence-corrected chi connectivity index (χ3v) is 8.14. The first-order chi connectivity index (χ1) is 18.9. The van der Waals surface area contributed by atoms with Crippen molar-refractivity contribution in [2.75, 3.05) is 4.90 Å². The monoisotopic (exact) mass is 486 g/mol. The Morgan fingerprint density at radius 3 is 1.71 bits per heavy atom. The molecule has 0 N–H and O–H groups in total. The lowest BCUT2D eigenvalue weighted by molar-refractivity contribution is 0.745. The zero-order valence-electron chi connectivity index (χ0n) is 20.9. The molecule has 2 heteroatoms. The molecule has 1 unspecified atom stereocenters. The number of para-hydroxylation sites is 3. The maximum absolute atomic E-state index is 2.48. The van der Waals surface area contributed by atoms with E-state index in [1.165, 1.54) is 55.6 Å². The minimum Gasteiger partial charge on any atom is -0.333 e. The topological polar surface area (TPSA) is 8.17 Å². The number of hydrogen-bond donors (Lipinski definition) is 0. The number of nitrogens with zero attached hydrogens (tertiary/aromatic N) is 2. The van der Waals surface area contributed by atoms with Crippen LogP contribution >= 0.6 is 0 Å². The summed E-state index contributed by atoms with van der Waals surface area (Å²) in [5.74, 6) is 0.407. The minimum absolute atomic E-state index is 0.328. The Kier molecular flexibility index (Phi) is 4.68. The smallest absolute Gasteiger partial charge is 0.0629 e. The van der Waals surface area contributed by atoms with Crippen LogP contribution in [-0.2, 0) is 0 Å². The van der Waals surface area contributed by atoms with E-state index in [4.69, 9.17) is 0 Å². The normalized spacial score (nSPS) is 17.7. The maximum Gasteiger partial charge on any atom is 0.0629 e. The second-order valence-corrected chi connectivity index (χ2v) is 10.2. The van der Waals surface area contributed by atoms with Gasteiger partial charge >= 0.3 is 0 Å². The number of rotatable bonds is 3. The van der Waals surface area contributed by atoms with E-state index in [-0.39, 0.29) is 0 Å². The van der Waals surface area contributed by atoms with Gasteiger partial charge in [0.05, 0.1) is 17.1 Å². The Morgan fingerprint density at radius 1 is 0.474 bits per heavy atom. The first-order valence-corrected chi connectivity index (χ1v) is 13.3. The van der Waals surface area contributed by atoms with Crippen LogP contribution in [0.25, 0.3) is 38.6 Å². The molecule has 2 aliphatic rings. The lowest BCUT2D eigenvalue weighted by Gasteiger charge is -2.28. The Labute approximate surface area is 222 Å². The van der Waals surface area contributed by atoms with Gasteiger partial charge in [-0.3, -0.25) is 0 Å². The molecule has 0 fully saturated rings. The molecule has 1 aliphatic carbocycles. The van der Waals surface area contributed by atoms with Gasteiger partial charge in [-0.25, -0.2) is 0 Å². The van der Waals surface area contributed by atoms with Gasteiger partial charge in [-0.05, 0) is 59.2 Å². The van der Waals surface area contributed by atoms with Gasteiger partial charge in [-0.2, -0.15) is 0 Å². The predicted octanol–water partition coefficient (Wildman–Crippen LogP) is 9.18. The second-order valence-electron chi connectivity index (χ2n) is 10.2. The predicted molar refractivity (Wildman–Crippen MR) is 160 cm³/mol. The number of hydrogen-bond acceptors (Lipinski definition) is 1. The molecule has 0 spiro atoms. The van der Waals surface area contributed by atoms with Gasteiger partial charge in [0, 0.05) is 33.8 Å². The molecule has 1 aliphatic heterocycles. The first kappa shape index (κ1) is 21.3. The van der Waals surface area contributed by atoms with Crippen LogP contribution in [-0.4, -0.2) is 10.6 Å². The number of allylic oxidation sites excluding steroid dienone is 2. The van der Waals surface area contributed by atoms with E-state index in [9.17, 15) is 0 Å². The van der Waals surface area contributed by atoms with Crippen molar-refractivity contribution in [1.82, 2.24) is 4.57 Å². The molecule has 38 heavy (non-hydrogen) atoms. The van der Waals surface area contributed by atoms with Crippen molar-refractivity contribution in [3.8, 4) is 16.8 Å². The number of aromatic nitrogens is 1. The highest BCUT2D eigenvalue weighted by Gasteiger charge is 2.36. The quantitative estimate of drug-likeness (QED) is 0.242. The Bertz CT molecular complexity index is 1820. The molecule has 8 rings (SSSR count). The third kappa shape index (κ3) is 3.13. The van der Waals surface area contributed by atoms with Crippen LogP contribution in [0.1, 0.15) is 11.5 Å². The van der Waals surface area contributed by atoms with Gasteiger partial charge < -0.3 is 9.47 Å². The van der Waals surface area contributed by atoms with Crippen LogP contribution in [0.3, 0.4) is 0 Å². The zero-order valence-corrected chi connectivity index (χ0v) is 20.9. The highest BCUT2D eigenvalue weighted by molar-refractivity contribution is 6.09. The summed E-state index contributed by atoms with van der Waals surface area (Å²) in [6, 6.07) is 44.4. The minimum atomic E-state index is 0.328. The van der Waals surface area contributed by atoms with Gasteiger partial charge in [0.2, 0.25) is 0 Å². The van der Waals surface area contributed by atoms with Gasteiger partial charge in [0.25, 0.3) is 0 Å². The van der Waals surface area contributed by atoms with Crippen LogP contribution in [0.15, 0.2) is 146 Å². The van der Waals surface area contributed by atoms with Crippen molar-refractivity contribution in [2.24, 2.45) is 0 Å². The molecular formula is C36H26N2. The standard InChI is InChI=1S/C36H26N2/c1-5-13-33-29(9-1)30-10-2-6-14-34(30)37(33)27-21-17-25(18-22-27)26-19-23-28(24-20-26)38-35-15-7-3-11-31(35)32-12-4-8-16-36(32)38/h1-24,29,33H/t29?,33-/m1/s1. The van der Waals surface area contributed by atoms with Crippen LogP contribution in [0.2, 0.25) is 0 Å². The molecule has 1 aromatic heterocycles. The summed E-state index contributed by atoms with van der Waals surface area (Å²) < 4.78 is 2.37. The van der Waals surface area contributed by atoms with Gasteiger partial charge in [-0.1, -0.05) is 103 Å². The highest BCUT2D eigenvalue weighted by atomic mass is 15.2. The fraction of sp³-hybridized carbons (Fsp3) is 0.0556.